The standard InChI is InChI=1S/C15H27N3O/c1-13(2)16-11-14-5-6-15(19-14)12-18-8-4-7-17(3)9-10-18/h5-6,13,16H,4,7-12H2,1-3H3. The van der Waals surface area contributed by atoms with Gasteiger partial charge in [0.05, 0.1) is 13.1 Å². The lowest BCUT2D eigenvalue weighted by molar-refractivity contribution is 0.245. The second-order valence-corrected chi connectivity index (χ2v) is 5.84. The quantitative estimate of drug-likeness (QED) is 0.881. The molecule has 0 aliphatic carbocycles. The minimum atomic E-state index is 0.495. The second kappa shape index (κ2) is 7.08. The summed E-state index contributed by atoms with van der Waals surface area (Å²) in [4.78, 5) is 4.89. The van der Waals surface area contributed by atoms with Crippen LogP contribution in [0.2, 0.25) is 0 Å². The maximum atomic E-state index is 5.89. The Morgan fingerprint density at radius 2 is 1.95 bits per heavy atom. The highest BCUT2D eigenvalue weighted by Gasteiger charge is 2.13. The Balaban J connectivity index is 1.82. The molecule has 0 amide bonds. The lowest BCUT2D eigenvalue weighted by atomic mass is 10.3. The van der Waals surface area contributed by atoms with Crippen molar-refractivity contribution in [3.05, 3.63) is 23.7 Å². The lowest BCUT2D eigenvalue weighted by Crippen LogP contribution is -2.28. The Bertz CT molecular complexity index is 375. The minimum Gasteiger partial charge on any atom is -0.463 e. The molecule has 1 N–H and O–H groups in total. The van der Waals surface area contributed by atoms with Gasteiger partial charge >= 0.3 is 0 Å². The van der Waals surface area contributed by atoms with Crippen molar-refractivity contribution in [3.63, 3.8) is 0 Å². The van der Waals surface area contributed by atoms with Gasteiger partial charge in [-0.3, -0.25) is 4.90 Å². The zero-order chi connectivity index (χ0) is 13.7. The van der Waals surface area contributed by atoms with Crippen LogP contribution < -0.4 is 5.32 Å². The van der Waals surface area contributed by atoms with E-state index in [2.05, 4.69) is 48.1 Å². The molecule has 19 heavy (non-hydrogen) atoms. The molecule has 0 unspecified atom stereocenters. The summed E-state index contributed by atoms with van der Waals surface area (Å²) in [5.74, 6) is 2.13. The number of hydrogen-bond donors (Lipinski definition) is 1. The van der Waals surface area contributed by atoms with Gasteiger partial charge in [0.25, 0.3) is 0 Å². The maximum absolute atomic E-state index is 5.89. The first-order chi connectivity index (χ1) is 9.13. The van der Waals surface area contributed by atoms with E-state index >= 15 is 0 Å². The molecule has 0 radical (unpaired) electrons. The van der Waals surface area contributed by atoms with Crippen molar-refractivity contribution in [1.29, 1.82) is 0 Å². The summed E-state index contributed by atoms with van der Waals surface area (Å²) in [6.45, 7) is 10.7. The number of nitrogens with zero attached hydrogens (tertiary/aromatic N) is 2. The van der Waals surface area contributed by atoms with Gasteiger partial charge < -0.3 is 14.6 Å². The molecule has 1 aromatic heterocycles. The molecule has 2 rings (SSSR count). The minimum absolute atomic E-state index is 0.495. The number of hydrogen-bond acceptors (Lipinski definition) is 4. The molecule has 0 saturated carbocycles. The molecule has 4 nitrogen and oxygen atoms in total. The van der Waals surface area contributed by atoms with Crippen molar-refractivity contribution < 1.29 is 4.42 Å². The van der Waals surface area contributed by atoms with Crippen LogP contribution in [0.4, 0.5) is 0 Å². The molecule has 108 valence electrons. The van der Waals surface area contributed by atoms with E-state index in [0.717, 1.165) is 37.7 Å². The largest absolute Gasteiger partial charge is 0.463 e. The van der Waals surface area contributed by atoms with Gasteiger partial charge in [0.2, 0.25) is 0 Å². The van der Waals surface area contributed by atoms with E-state index in [0.29, 0.717) is 6.04 Å². The van der Waals surface area contributed by atoms with Crippen LogP contribution in [0, 0.1) is 0 Å². The lowest BCUT2D eigenvalue weighted by Gasteiger charge is -2.18. The third-order valence-electron chi connectivity index (χ3n) is 3.59. The van der Waals surface area contributed by atoms with Crippen LogP contribution >= 0.6 is 0 Å². The first-order valence-corrected chi connectivity index (χ1v) is 7.35. The average Bonchev–Trinajstić information content (AvgIpc) is 2.71. The summed E-state index contributed by atoms with van der Waals surface area (Å²) in [6, 6.07) is 4.70. The van der Waals surface area contributed by atoms with Crippen LogP contribution in [0.5, 0.6) is 0 Å². The van der Waals surface area contributed by atoms with E-state index in [-0.39, 0.29) is 0 Å². The molecule has 1 fully saturated rings. The van der Waals surface area contributed by atoms with E-state index in [1.807, 2.05) is 0 Å². The van der Waals surface area contributed by atoms with Gasteiger partial charge in [0, 0.05) is 19.1 Å². The van der Waals surface area contributed by atoms with Crippen LogP contribution in [0.1, 0.15) is 31.8 Å². The van der Waals surface area contributed by atoms with E-state index in [1.165, 1.54) is 19.5 Å². The number of furan rings is 1. The summed E-state index contributed by atoms with van der Waals surface area (Å²) in [5.41, 5.74) is 0. The Morgan fingerprint density at radius 1 is 1.16 bits per heavy atom. The molecule has 0 bridgehead atoms. The van der Waals surface area contributed by atoms with Gasteiger partial charge in [-0.2, -0.15) is 0 Å². The molecule has 1 aliphatic rings. The van der Waals surface area contributed by atoms with Gasteiger partial charge in [0.1, 0.15) is 11.5 Å². The Labute approximate surface area is 116 Å². The predicted molar refractivity (Wildman–Crippen MR) is 78.1 cm³/mol. The van der Waals surface area contributed by atoms with Crippen molar-refractivity contribution in [2.24, 2.45) is 0 Å². The molecule has 0 spiro atoms. The fraction of sp³-hybridized carbons (Fsp3) is 0.733. The Morgan fingerprint density at radius 3 is 2.74 bits per heavy atom. The average molecular weight is 265 g/mol. The summed E-state index contributed by atoms with van der Waals surface area (Å²) in [5, 5.41) is 3.38. The SMILES string of the molecule is CC(C)NCc1ccc(CN2CCCN(C)CC2)o1. The maximum Gasteiger partial charge on any atom is 0.118 e. The number of likely N-dealkylation sites (N-methyl/N-ethyl adjacent to an activating group) is 1. The topological polar surface area (TPSA) is 31.6 Å². The molecule has 0 atom stereocenters. The second-order valence-electron chi connectivity index (χ2n) is 5.84. The zero-order valence-electron chi connectivity index (χ0n) is 12.5. The first kappa shape index (κ1) is 14.6. The molecule has 1 saturated heterocycles. The van der Waals surface area contributed by atoms with Gasteiger partial charge in [-0.1, -0.05) is 13.8 Å². The predicted octanol–water partition coefficient (Wildman–Crippen LogP) is 1.92. The molecule has 1 aliphatic heterocycles. The van der Waals surface area contributed by atoms with Crippen molar-refractivity contribution in [2.75, 3.05) is 33.2 Å². The fourth-order valence-electron chi connectivity index (χ4n) is 2.39. The van der Waals surface area contributed by atoms with Crippen molar-refractivity contribution in [2.45, 2.75) is 39.4 Å². The summed E-state index contributed by atoms with van der Waals surface area (Å²) in [6.07, 6.45) is 1.25. The van der Waals surface area contributed by atoms with Crippen LogP contribution in [-0.4, -0.2) is 49.1 Å². The highest BCUT2D eigenvalue weighted by Crippen LogP contribution is 2.12. The fourth-order valence-corrected chi connectivity index (χ4v) is 2.39. The molecule has 0 aromatic carbocycles. The zero-order valence-corrected chi connectivity index (χ0v) is 12.5. The molecule has 4 heteroatoms. The van der Waals surface area contributed by atoms with Gasteiger partial charge in [-0.05, 0) is 38.7 Å². The van der Waals surface area contributed by atoms with E-state index < -0.39 is 0 Å². The number of rotatable bonds is 5. The van der Waals surface area contributed by atoms with Crippen LogP contribution in [-0.2, 0) is 13.1 Å². The third kappa shape index (κ3) is 4.97. The molecular formula is C15H27N3O. The van der Waals surface area contributed by atoms with Gasteiger partial charge in [0.15, 0.2) is 0 Å². The van der Waals surface area contributed by atoms with E-state index in [9.17, 15) is 0 Å². The van der Waals surface area contributed by atoms with Crippen molar-refractivity contribution in [1.82, 2.24) is 15.1 Å². The summed E-state index contributed by atoms with van der Waals surface area (Å²) < 4.78 is 5.89. The summed E-state index contributed by atoms with van der Waals surface area (Å²) >= 11 is 0. The van der Waals surface area contributed by atoms with Crippen molar-refractivity contribution >= 4 is 0 Å². The van der Waals surface area contributed by atoms with E-state index in [4.69, 9.17) is 4.42 Å². The van der Waals surface area contributed by atoms with Crippen LogP contribution in [0.15, 0.2) is 16.5 Å². The summed E-state index contributed by atoms with van der Waals surface area (Å²) in [7, 11) is 2.20. The van der Waals surface area contributed by atoms with E-state index in [1.54, 1.807) is 0 Å². The molecular weight excluding hydrogens is 238 g/mol. The highest BCUT2D eigenvalue weighted by molar-refractivity contribution is 5.07. The number of nitrogens with one attached hydrogen (secondary N) is 1. The van der Waals surface area contributed by atoms with Crippen molar-refractivity contribution in [3.8, 4) is 0 Å². The van der Waals surface area contributed by atoms with Gasteiger partial charge in [-0.15, -0.1) is 0 Å². The Hall–Kier alpha value is -0.840. The Kier molecular flexibility index (Phi) is 5.43. The van der Waals surface area contributed by atoms with Crippen LogP contribution in [0.3, 0.4) is 0 Å². The third-order valence-corrected chi connectivity index (χ3v) is 3.59. The normalized spacial score (nSPS) is 18.9. The van der Waals surface area contributed by atoms with Crippen LogP contribution in [0.25, 0.3) is 0 Å². The first-order valence-electron chi connectivity index (χ1n) is 7.35. The smallest absolute Gasteiger partial charge is 0.118 e. The molecule has 1 aromatic rings. The molecule has 2 heterocycles. The van der Waals surface area contributed by atoms with Gasteiger partial charge in [-0.25, -0.2) is 0 Å². The highest BCUT2D eigenvalue weighted by atomic mass is 16.3. The monoisotopic (exact) mass is 265 g/mol.